The summed E-state index contributed by atoms with van der Waals surface area (Å²) in [5, 5.41) is 0. The van der Waals surface area contributed by atoms with Crippen molar-refractivity contribution < 1.29 is 33.3 Å². The van der Waals surface area contributed by atoms with Crippen molar-refractivity contribution in [3.63, 3.8) is 0 Å². The molecule has 3 aromatic rings. The molecule has 1 atom stereocenters. The number of carbonyl (C=O) groups is 2. The summed E-state index contributed by atoms with van der Waals surface area (Å²) in [6.07, 6.45) is 3.17. The first-order valence-electron chi connectivity index (χ1n) is 12.7. The zero-order chi connectivity index (χ0) is 29.7. The smallest absolute Gasteiger partial charge is 0.338 e. The van der Waals surface area contributed by atoms with Crippen molar-refractivity contribution in [1.82, 2.24) is 4.57 Å². The molecule has 0 unspecified atom stereocenters. The van der Waals surface area contributed by atoms with Crippen LogP contribution in [-0.4, -0.2) is 43.9 Å². The molecule has 0 saturated heterocycles. The van der Waals surface area contributed by atoms with E-state index in [1.54, 1.807) is 49.4 Å². The fourth-order valence-corrected chi connectivity index (χ4v) is 5.45. The number of benzene rings is 2. The van der Waals surface area contributed by atoms with Gasteiger partial charge in [-0.05, 0) is 55.3 Å². The number of ether oxygens (including phenoxy) is 5. The summed E-state index contributed by atoms with van der Waals surface area (Å²) in [7, 11) is 3.04. The summed E-state index contributed by atoms with van der Waals surface area (Å²) >= 11 is 1.19. The minimum atomic E-state index is -0.837. The van der Waals surface area contributed by atoms with Gasteiger partial charge in [-0.25, -0.2) is 9.79 Å². The first-order chi connectivity index (χ1) is 19.7. The second-order valence-electron chi connectivity index (χ2n) is 8.82. The van der Waals surface area contributed by atoms with Gasteiger partial charge in [0, 0.05) is 6.92 Å². The molecule has 1 aromatic heterocycles. The molecule has 0 N–H and O–H groups in total. The molecule has 41 heavy (non-hydrogen) atoms. The molecule has 0 aliphatic carbocycles. The van der Waals surface area contributed by atoms with E-state index in [4.69, 9.17) is 23.7 Å². The SMILES string of the molecule is C=CCOC(=O)C1=C(C)N=c2s/c(=C\c3ccc(OC(C)=O)c(OCC)c3)c(=O)n2[C@H]1c1ccc(OC)c(OC)c1. The van der Waals surface area contributed by atoms with Gasteiger partial charge in [-0.2, -0.15) is 0 Å². The minimum Gasteiger partial charge on any atom is -0.493 e. The Hall–Kier alpha value is -4.64. The van der Waals surface area contributed by atoms with E-state index >= 15 is 0 Å². The monoisotopic (exact) mass is 578 g/mol. The van der Waals surface area contributed by atoms with Crippen molar-refractivity contribution >= 4 is 29.4 Å². The number of carbonyl (C=O) groups excluding carboxylic acids is 2. The Morgan fingerprint density at radius 2 is 1.80 bits per heavy atom. The average Bonchev–Trinajstić information content (AvgIpc) is 3.25. The summed E-state index contributed by atoms with van der Waals surface area (Å²) in [5.74, 6) is 0.516. The van der Waals surface area contributed by atoms with E-state index < -0.39 is 18.0 Å². The van der Waals surface area contributed by atoms with E-state index in [1.807, 2.05) is 6.92 Å². The van der Waals surface area contributed by atoms with Gasteiger partial charge in [-0.15, -0.1) is 0 Å². The van der Waals surface area contributed by atoms with Crippen LogP contribution in [0.1, 0.15) is 37.9 Å². The van der Waals surface area contributed by atoms with Gasteiger partial charge in [0.15, 0.2) is 27.8 Å². The van der Waals surface area contributed by atoms with Crippen LogP contribution < -0.4 is 33.8 Å². The first-order valence-corrected chi connectivity index (χ1v) is 13.5. The number of allylic oxidation sites excluding steroid dienone is 1. The molecule has 0 saturated carbocycles. The fraction of sp³-hybridized carbons (Fsp3) is 0.267. The summed E-state index contributed by atoms with van der Waals surface area (Å²) in [6, 6.07) is 9.39. The summed E-state index contributed by atoms with van der Waals surface area (Å²) in [4.78, 5) is 43.7. The van der Waals surface area contributed by atoms with Crippen LogP contribution in [0.25, 0.3) is 6.08 Å². The average molecular weight is 579 g/mol. The molecule has 1 aliphatic heterocycles. The lowest BCUT2D eigenvalue weighted by atomic mass is 9.95. The maximum absolute atomic E-state index is 13.9. The topological polar surface area (TPSA) is 115 Å². The van der Waals surface area contributed by atoms with E-state index in [2.05, 4.69) is 11.6 Å². The van der Waals surface area contributed by atoms with E-state index in [0.717, 1.165) is 0 Å². The highest BCUT2D eigenvalue weighted by molar-refractivity contribution is 7.07. The van der Waals surface area contributed by atoms with Crippen molar-refractivity contribution in [2.24, 2.45) is 4.99 Å². The maximum Gasteiger partial charge on any atom is 0.338 e. The van der Waals surface area contributed by atoms with Gasteiger partial charge >= 0.3 is 11.9 Å². The highest BCUT2D eigenvalue weighted by Gasteiger charge is 2.34. The molecular weight excluding hydrogens is 548 g/mol. The Morgan fingerprint density at radius 1 is 1.07 bits per heavy atom. The van der Waals surface area contributed by atoms with Crippen LogP contribution in [0, 0.1) is 0 Å². The molecule has 0 amide bonds. The van der Waals surface area contributed by atoms with Gasteiger partial charge in [0.1, 0.15) is 6.61 Å². The van der Waals surface area contributed by atoms with E-state index in [9.17, 15) is 14.4 Å². The maximum atomic E-state index is 13.9. The standard InChI is InChI=1S/C30H30N2O8S/c1-7-13-39-29(35)26-17(3)31-30-32(27(26)20-10-12-21(36-5)23(16-20)37-6)28(34)25(41-30)15-19-9-11-22(40-18(4)33)24(14-19)38-8-2/h7,9-12,14-16,27H,1,8,13H2,2-6H3/b25-15-/t27-/m0/s1. The highest BCUT2D eigenvalue weighted by Crippen LogP contribution is 2.36. The zero-order valence-electron chi connectivity index (χ0n) is 23.4. The number of hydrogen-bond donors (Lipinski definition) is 0. The highest BCUT2D eigenvalue weighted by atomic mass is 32.1. The minimum absolute atomic E-state index is 0.00416. The molecular formula is C30H30N2O8S. The van der Waals surface area contributed by atoms with Crippen molar-refractivity contribution in [2.45, 2.75) is 26.8 Å². The molecule has 11 heteroatoms. The van der Waals surface area contributed by atoms with Crippen molar-refractivity contribution in [2.75, 3.05) is 27.4 Å². The molecule has 0 radical (unpaired) electrons. The van der Waals surface area contributed by atoms with Crippen molar-refractivity contribution in [1.29, 1.82) is 0 Å². The van der Waals surface area contributed by atoms with Crippen LogP contribution in [0.2, 0.25) is 0 Å². The van der Waals surface area contributed by atoms with Crippen molar-refractivity contribution in [3.8, 4) is 23.0 Å². The first kappa shape index (κ1) is 29.3. The summed E-state index contributed by atoms with van der Waals surface area (Å²) in [6.45, 7) is 8.80. The lowest BCUT2D eigenvalue weighted by Crippen LogP contribution is -2.40. The largest absolute Gasteiger partial charge is 0.493 e. The van der Waals surface area contributed by atoms with E-state index in [-0.39, 0.29) is 23.5 Å². The number of thiazole rings is 1. The quantitative estimate of drug-likeness (QED) is 0.205. The number of fused-ring (bicyclic) bond motifs is 1. The number of aromatic nitrogens is 1. The molecule has 214 valence electrons. The van der Waals surface area contributed by atoms with Crippen LogP contribution in [0.5, 0.6) is 23.0 Å². The number of methoxy groups -OCH3 is 2. The second-order valence-corrected chi connectivity index (χ2v) is 9.83. The summed E-state index contributed by atoms with van der Waals surface area (Å²) in [5.41, 5.74) is 1.56. The number of rotatable bonds is 10. The Bertz CT molecular complexity index is 1720. The molecule has 1 aliphatic rings. The molecule has 0 spiro atoms. The lowest BCUT2D eigenvalue weighted by Gasteiger charge is -2.25. The zero-order valence-corrected chi connectivity index (χ0v) is 24.2. The second kappa shape index (κ2) is 12.7. The van der Waals surface area contributed by atoms with E-state index in [1.165, 1.54) is 43.1 Å². The van der Waals surface area contributed by atoms with Gasteiger partial charge in [-0.1, -0.05) is 36.1 Å². The molecule has 0 fully saturated rings. The van der Waals surface area contributed by atoms with Gasteiger partial charge in [-0.3, -0.25) is 14.2 Å². The Labute approximate surface area is 240 Å². The predicted octanol–water partition coefficient (Wildman–Crippen LogP) is 3.31. The third-order valence-electron chi connectivity index (χ3n) is 6.12. The molecule has 4 rings (SSSR count). The molecule has 2 aromatic carbocycles. The van der Waals surface area contributed by atoms with E-state index in [0.29, 0.717) is 50.0 Å². The number of esters is 2. The van der Waals surface area contributed by atoms with Gasteiger partial charge < -0.3 is 23.7 Å². The van der Waals surface area contributed by atoms with Crippen LogP contribution in [0.4, 0.5) is 0 Å². The normalized spacial score (nSPS) is 14.6. The Balaban J connectivity index is 1.91. The Morgan fingerprint density at radius 3 is 2.46 bits per heavy atom. The summed E-state index contributed by atoms with van der Waals surface area (Å²) < 4.78 is 29.0. The molecule has 10 nitrogen and oxygen atoms in total. The third kappa shape index (κ3) is 6.09. The van der Waals surface area contributed by atoms with Gasteiger partial charge in [0.05, 0.1) is 42.7 Å². The third-order valence-corrected chi connectivity index (χ3v) is 7.10. The molecule has 0 bridgehead atoms. The fourth-order valence-electron chi connectivity index (χ4n) is 4.41. The molecule has 2 heterocycles. The van der Waals surface area contributed by atoms with Crippen molar-refractivity contribution in [3.05, 3.63) is 91.1 Å². The van der Waals surface area contributed by atoms with Gasteiger partial charge in [0.2, 0.25) is 0 Å². The van der Waals surface area contributed by atoms with Crippen LogP contribution in [0.3, 0.4) is 0 Å². The Kier molecular flexibility index (Phi) is 9.08. The predicted molar refractivity (Wildman–Crippen MR) is 153 cm³/mol. The van der Waals surface area contributed by atoms with Crippen LogP contribution >= 0.6 is 11.3 Å². The number of nitrogens with zero attached hydrogens (tertiary/aromatic N) is 2. The van der Waals surface area contributed by atoms with Gasteiger partial charge in [0.25, 0.3) is 5.56 Å². The lowest BCUT2D eigenvalue weighted by molar-refractivity contribution is -0.138. The number of hydrogen-bond acceptors (Lipinski definition) is 10. The van der Waals surface area contributed by atoms with Crippen LogP contribution in [-0.2, 0) is 14.3 Å². The van der Waals surface area contributed by atoms with Crippen LogP contribution in [0.15, 0.2) is 70.1 Å².